The van der Waals surface area contributed by atoms with Gasteiger partial charge in [-0.15, -0.1) is 0 Å². The average Bonchev–Trinajstić information content (AvgIpc) is 2.48. The first kappa shape index (κ1) is 13.1. The van der Waals surface area contributed by atoms with Crippen LogP contribution in [0.25, 0.3) is 11.4 Å². The summed E-state index contributed by atoms with van der Waals surface area (Å²) < 4.78 is 6.00. The lowest BCUT2D eigenvalue weighted by molar-refractivity contribution is 0.1000. The van der Waals surface area contributed by atoms with Crippen molar-refractivity contribution in [1.82, 2.24) is 14.9 Å². The van der Waals surface area contributed by atoms with Crippen molar-refractivity contribution in [3.8, 4) is 17.3 Å². The van der Waals surface area contributed by atoms with Gasteiger partial charge in [-0.3, -0.25) is 0 Å². The molecule has 4 heteroatoms. The molecule has 1 aliphatic rings. The van der Waals surface area contributed by atoms with E-state index in [0.29, 0.717) is 11.7 Å². The minimum Gasteiger partial charge on any atom is -0.473 e. The van der Waals surface area contributed by atoms with Crippen LogP contribution in [0.3, 0.4) is 0 Å². The van der Waals surface area contributed by atoms with Gasteiger partial charge in [-0.25, -0.2) is 4.98 Å². The van der Waals surface area contributed by atoms with Crippen molar-refractivity contribution in [1.29, 1.82) is 0 Å². The third kappa shape index (κ3) is 3.14. The Labute approximate surface area is 119 Å². The molecule has 1 fully saturated rings. The quantitative estimate of drug-likeness (QED) is 0.858. The minimum absolute atomic E-state index is 0.229. The molecule has 1 aliphatic heterocycles. The molecule has 4 nitrogen and oxygen atoms in total. The summed E-state index contributed by atoms with van der Waals surface area (Å²) in [6.07, 6.45) is 4.26. The summed E-state index contributed by atoms with van der Waals surface area (Å²) in [5, 5.41) is 0. The number of ether oxygens (including phenoxy) is 1. The van der Waals surface area contributed by atoms with Crippen LogP contribution in [-0.2, 0) is 0 Å². The second-order valence-corrected chi connectivity index (χ2v) is 5.23. The Morgan fingerprint density at radius 3 is 2.85 bits per heavy atom. The molecule has 0 spiro atoms. The van der Waals surface area contributed by atoms with Crippen molar-refractivity contribution in [2.24, 2.45) is 0 Å². The van der Waals surface area contributed by atoms with E-state index in [9.17, 15) is 0 Å². The summed E-state index contributed by atoms with van der Waals surface area (Å²) in [5.74, 6) is 1.38. The van der Waals surface area contributed by atoms with Crippen LogP contribution in [0.15, 0.2) is 42.6 Å². The molecule has 1 aromatic heterocycles. The first-order chi connectivity index (χ1) is 9.81. The van der Waals surface area contributed by atoms with Gasteiger partial charge >= 0.3 is 0 Å². The molecule has 3 rings (SSSR count). The highest BCUT2D eigenvalue weighted by Crippen LogP contribution is 2.19. The molecule has 104 valence electrons. The van der Waals surface area contributed by atoms with E-state index in [1.165, 1.54) is 6.42 Å². The Kier molecular flexibility index (Phi) is 3.92. The molecule has 1 saturated heterocycles. The van der Waals surface area contributed by atoms with E-state index >= 15 is 0 Å². The van der Waals surface area contributed by atoms with Crippen LogP contribution >= 0.6 is 0 Å². The van der Waals surface area contributed by atoms with Crippen molar-refractivity contribution >= 4 is 0 Å². The first-order valence-electron chi connectivity index (χ1n) is 7.05. The summed E-state index contributed by atoms with van der Waals surface area (Å²) in [5.41, 5.74) is 1.01. The molecular formula is C16H19N3O. The zero-order valence-electron chi connectivity index (χ0n) is 11.7. The number of hydrogen-bond donors (Lipinski definition) is 0. The highest BCUT2D eigenvalue weighted by atomic mass is 16.5. The van der Waals surface area contributed by atoms with Crippen LogP contribution in [0, 0.1) is 0 Å². The molecule has 20 heavy (non-hydrogen) atoms. The topological polar surface area (TPSA) is 38.2 Å². The van der Waals surface area contributed by atoms with Crippen LogP contribution in [-0.4, -0.2) is 41.1 Å². The molecule has 0 aliphatic carbocycles. The molecule has 1 atom stereocenters. The van der Waals surface area contributed by atoms with Crippen molar-refractivity contribution in [2.45, 2.75) is 18.9 Å². The Morgan fingerprint density at radius 2 is 2.05 bits per heavy atom. The molecule has 1 aromatic carbocycles. The van der Waals surface area contributed by atoms with Crippen LogP contribution in [0.5, 0.6) is 5.88 Å². The van der Waals surface area contributed by atoms with Gasteiger partial charge < -0.3 is 9.64 Å². The second kappa shape index (κ2) is 6.01. The van der Waals surface area contributed by atoms with Crippen molar-refractivity contribution < 1.29 is 4.74 Å². The maximum Gasteiger partial charge on any atom is 0.217 e. The van der Waals surface area contributed by atoms with Gasteiger partial charge in [-0.1, -0.05) is 30.3 Å². The Morgan fingerprint density at radius 1 is 1.20 bits per heavy atom. The van der Waals surface area contributed by atoms with Crippen LogP contribution in [0.4, 0.5) is 0 Å². The Hall–Kier alpha value is -1.94. The first-order valence-corrected chi connectivity index (χ1v) is 7.05. The van der Waals surface area contributed by atoms with Crippen LogP contribution in [0.2, 0.25) is 0 Å². The van der Waals surface area contributed by atoms with Gasteiger partial charge in [0.05, 0.1) is 0 Å². The minimum atomic E-state index is 0.229. The highest BCUT2D eigenvalue weighted by Gasteiger charge is 2.19. The van der Waals surface area contributed by atoms with Gasteiger partial charge in [0.1, 0.15) is 6.10 Å². The molecule has 0 N–H and O–H groups in total. The van der Waals surface area contributed by atoms with E-state index in [4.69, 9.17) is 4.74 Å². The zero-order chi connectivity index (χ0) is 13.8. The summed E-state index contributed by atoms with van der Waals surface area (Å²) in [7, 11) is 2.13. The van der Waals surface area contributed by atoms with Gasteiger partial charge in [0.2, 0.25) is 5.88 Å². The fourth-order valence-electron chi connectivity index (χ4n) is 2.52. The molecule has 0 saturated carbocycles. The van der Waals surface area contributed by atoms with Crippen molar-refractivity contribution in [3.63, 3.8) is 0 Å². The Bertz CT molecular complexity index is 559. The van der Waals surface area contributed by atoms with E-state index in [2.05, 4.69) is 21.9 Å². The van der Waals surface area contributed by atoms with E-state index in [0.717, 1.165) is 25.1 Å². The smallest absolute Gasteiger partial charge is 0.217 e. The molecule has 0 bridgehead atoms. The molecule has 2 heterocycles. The fourth-order valence-corrected chi connectivity index (χ4v) is 2.52. The maximum atomic E-state index is 6.00. The van der Waals surface area contributed by atoms with Gasteiger partial charge in [-0.2, -0.15) is 4.98 Å². The number of piperidine rings is 1. The molecule has 0 radical (unpaired) electrons. The SMILES string of the molecule is CN1CCCC(Oc2ccnc(-c3ccccc3)n2)C1. The van der Waals surface area contributed by atoms with Crippen molar-refractivity contribution in [2.75, 3.05) is 20.1 Å². The monoisotopic (exact) mass is 269 g/mol. The lowest BCUT2D eigenvalue weighted by atomic mass is 10.1. The number of hydrogen-bond acceptors (Lipinski definition) is 4. The lowest BCUT2D eigenvalue weighted by Gasteiger charge is -2.29. The largest absolute Gasteiger partial charge is 0.473 e. The number of nitrogens with zero attached hydrogens (tertiary/aromatic N) is 3. The summed E-state index contributed by atoms with van der Waals surface area (Å²) >= 11 is 0. The number of aromatic nitrogens is 2. The molecule has 1 unspecified atom stereocenters. The predicted octanol–water partition coefficient (Wildman–Crippen LogP) is 2.62. The van der Waals surface area contributed by atoms with Gasteiger partial charge in [-0.05, 0) is 26.4 Å². The third-order valence-corrected chi connectivity index (χ3v) is 3.53. The number of likely N-dealkylation sites (N-methyl/N-ethyl adjacent to an activating group) is 1. The molecule has 0 amide bonds. The average molecular weight is 269 g/mol. The van der Waals surface area contributed by atoms with Crippen LogP contribution < -0.4 is 4.74 Å². The van der Waals surface area contributed by atoms with Gasteiger partial charge in [0, 0.05) is 24.4 Å². The van der Waals surface area contributed by atoms with E-state index in [-0.39, 0.29) is 6.10 Å². The highest BCUT2D eigenvalue weighted by molar-refractivity contribution is 5.54. The van der Waals surface area contributed by atoms with Crippen LogP contribution in [0.1, 0.15) is 12.8 Å². The lowest BCUT2D eigenvalue weighted by Crippen LogP contribution is -2.38. The Balaban J connectivity index is 1.74. The third-order valence-electron chi connectivity index (χ3n) is 3.53. The maximum absolute atomic E-state index is 6.00. The summed E-state index contributed by atoms with van der Waals surface area (Å²) in [4.78, 5) is 11.1. The summed E-state index contributed by atoms with van der Waals surface area (Å²) in [6.45, 7) is 2.11. The van der Waals surface area contributed by atoms with Gasteiger partial charge in [0.25, 0.3) is 0 Å². The number of likely N-dealkylation sites (tertiary alicyclic amines) is 1. The molecular weight excluding hydrogens is 250 g/mol. The van der Waals surface area contributed by atoms with E-state index < -0.39 is 0 Å². The normalized spacial score (nSPS) is 19.8. The standard InChI is InChI=1S/C16H19N3O/c1-19-11-5-8-14(12-19)20-15-9-10-17-16(18-15)13-6-3-2-4-7-13/h2-4,6-7,9-10,14H,5,8,11-12H2,1H3. The predicted molar refractivity (Wildman–Crippen MR) is 78.6 cm³/mol. The van der Waals surface area contributed by atoms with Gasteiger partial charge in [0.15, 0.2) is 5.82 Å². The van der Waals surface area contributed by atoms with Crippen molar-refractivity contribution in [3.05, 3.63) is 42.6 Å². The fraction of sp³-hybridized carbons (Fsp3) is 0.375. The van der Waals surface area contributed by atoms with E-state index in [1.54, 1.807) is 6.20 Å². The summed E-state index contributed by atoms with van der Waals surface area (Å²) in [6, 6.07) is 11.8. The van der Waals surface area contributed by atoms with E-state index in [1.807, 2.05) is 36.4 Å². The molecule has 2 aromatic rings. The number of benzene rings is 1. The second-order valence-electron chi connectivity index (χ2n) is 5.23. The zero-order valence-corrected chi connectivity index (χ0v) is 11.7. The number of rotatable bonds is 3.